The molecular formula is C26H43NO7. The molecule has 0 saturated heterocycles. The highest BCUT2D eigenvalue weighted by Crippen LogP contribution is 2.27. The van der Waals surface area contributed by atoms with Crippen molar-refractivity contribution in [3.05, 3.63) is 23.5 Å². The molecule has 0 aromatic carbocycles. The Morgan fingerprint density at radius 2 is 1.59 bits per heavy atom. The van der Waals surface area contributed by atoms with Crippen LogP contribution in [0.15, 0.2) is 23.5 Å². The number of nitrogens with one attached hydrogen (secondary N) is 1. The molecule has 0 fully saturated rings. The minimum atomic E-state index is -0.923. The Morgan fingerprint density at radius 3 is 2.15 bits per heavy atom. The molecule has 1 heterocycles. The molecule has 0 saturated carbocycles. The third-order valence-electron chi connectivity index (χ3n) is 5.41. The summed E-state index contributed by atoms with van der Waals surface area (Å²) in [7, 11) is 0. The Morgan fingerprint density at radius 1 is 0.971 bits per heavy atom. The SMILES string of the molecule is C/C=C1/C(OC(C)=O)=CC(COC(C)=O)O[C@@H]1OCC(=O)NCCCCCCCCCCCC. The maximum atomic E-state index is 12.2. The number of carbonyl (C=O) groups excluding carboxylic acids is 3. The van der Waals surface area contributed by atoms with Crippen LogP contribution in [0.5, 0.6) is 0 Å². The lowest BCUT2D eigenvalue weighted by Crippen LogP contribution is -2.37. The molecular weight excluding hydrogens is 438 g/mol. The van der Waals surface area contributed by atoms with Crippen LogP contribution in [0, 0.1) is 0 Å². The van der Waals surface area contributed by atoms with E-state index in [-0.39, 0.29) is 24.9 Å². The molecule has 1 aliphatic heterocycles. The van der Waals surface area contributed by atoms with Gasteiger partial charge < -0.3 is 24.3 Å². The van der Waals surface area contributed by atoms with Crippen LogP contribution >= 0.6 is 0 Å². The van der Waals surface area contributed by atoms with Crippen LogP contribution in [0.2, 0.25) is 0 Å². The van der Waals surface area contributed by atoms with Crippen molar-refractivity contribution in [2.45, 2.75) is 104 Å². The maximum absolute atomic E-state index is 12.2. The average Bonchev–Trinajstić information content (AvgIpc) is 2.79. The number of unbranched alkanes of at least 4 members (excludes halogenated alkanes) is 9. The molecule has 0 aliphatic carbocycles. The lowest BCUT2D eigenvalue weighted by atomic mass is 10.1. The van der Waals surface area contributed by atoms with Gasteiger partial charge in [-0.25, -0.2) is 0 Å². The summed E-state index contributed by atoms with van der Waals surface area (Å²) in [4.78, 5) is 34.8. The van der Waals surface area contributed by atoms with Gasteiger partial charge in [0.1, 0.15) is 25.1 Å². The highest BCUT2D eigenvalue weighted by Gasteiger charge is 2.31. The van der Waals surface area contributed by atoms with Crippen LogP contribution in [-0.4, -0.2) is 50.0 Å². The van der Waals surface area contributed by atoms with Crippen molar-refractivity contribution in [3.8, 4) is 0 Å². The van der Waals surface area contributed by atoms with Crippen LogP contribution in [0.3, 0.4) is 0 Å². The van der Waals surface area contributed by atoms with Gasteiger partial charge in [0.05, 0.1) is 0 Å². The van der Waals surface area contributed by atoms with Crippen LogP contribution in [0.4, 0.5) is 0 Å². The summed E-state index contributed by atoms with van der Waals surface area (Å²) in [6.45, 7) is 6.93. The van der Waals surface area contributed by atoms with Gasteiger partial charge in [-0.05, 0) is 19.4 Å². The van der Waals surface area contributed by atoms with Crippen molar-refractivity contribution in [1.82, 2.24) is 5.32 Å². The van der Waals surface area contributed by atoms with Gasteiger partial charge in [0.2, 0.25) is 5.91 Å². The first kappa shape index (κ1) is 29.8. The van der Waals surface area contributed by atoms with E-state index >= 15 is 0 Å². The first-order valence-electron chi connectivity index (χ1n) is 12.6. The van der Waals surface area contributed by atoms with Gasteiger partial charge in [-0.3, -0.25) is 14.4 Å². The van der Waals surface area contributed by atoms with Gasteiger partial charge in [0.15, 0.2) is 6.29 Å². The minimum absolute atomic E-state index is 0.0537. The van der Waals surface area contributed by atoms with Gasteiger partial charge in [0.25, 0.3) is 0 Å². The fourth-order valence-electron chi connectivity index (χ4n) is 3.64. The Bertz CT molecular complexity index is 687. The number of esters is 2. The highest BCUT2D eigenvalue weighted by molar-refractivity contribution is 5.77. The van der Waals surface area contributed by atoms with Gasteiger partial charge >= 0.3 is 11.9 Å². The molecule has 1 amide bonds. The fraction of sp³-hybridized carbons (Fsp3) is 0.731. The third-order valence-corrected chi connectivity index (χ3v) is 5.41. The van der Waals surface area contributed by atoms with E-state index in [1.54, 1.807) is 19.1 Å². The number of ether oxygens (including phenoxy) is 4. The van der Waals surface area contributed by atoms with E-state index in [0.29, 0.717) is 12.1 Å². The Hall–Kier alpha value is -2.19. The van der Waals surface area contributed by atoms with Crippen LogP contribution in [0.1, 0.15) is 91.9 Å². The molecule has 0 aromatic heterocycles. The molecule has 2 atom stereocenters. The fourth-order valence-corrected chi connectivity index (χ4v) is 3.64. The van der Waals surface area contributed by atoms with Crippen molar-refractivity contribution < 1.29 is 33.3 Å². The summed E-state index contributed by atoms with van der Waals surface area (Å²) in [6.07, 6.45) is 14.1. The lowest BCUT2D eigenvalue weighted by molar-refractivity contribution is -0.171. The van der Waals surface area contributed by atoms with E-state index in [1.165, 1.54) is 65.2 Å². The second kappa shape index (κ2) is 18.2. The molecule has 8 heteroatoms. The standard InChI is InChI=1S/C26H43NO7/c1-5-7-8-9-10-11-12-13-14-15-16-27-25(30)19-32-26-23(6-2)24(33-21(4)29)17-22(34-26)18-31-20(3)28/h6,17,22,26H,5,7-16,18-19H2,1-4H3,(H,27,30)/b23-6-/t22?,26-/m0/s1. The Kier molecular flexibility index (Phi) is 16.0. The van der Waals surface area contributed by atoms with Crippen LogP contribution in [0.25, 0.3) is 0 Å². The van der Waals surface area contributed by atoms with Gasteiger partial charge in [-0.1, -0.05) is 70.8 Å². The first-order valence-corrected chi connectivity index (χ1v) is 12.6. The predicted molar refractivity (Wildman–Crippen MR) is 130 cm³/mol. The van der Waals surface area contributed by atoms with E-state index in [9.17, 15) is 14.4 Å². The monoisotopic (exact) mass is 481 g/mol. The molecule has 0 aromatic rings. The minimum Gasteiger partial charge on any atom is -0.463 e. The van der Waals surface area contributed by atoms with E-state index in [2.05, 4.69) is 12.2 Å². The maximum Gasteiger partial charge on any atom is 0.308 e. The van der Waals surface area contributed by atoms with Crippen LogP contribution < -0.4 is 5.32 Å². The summed E-state index contributed by atoms with van der Waals surface area (Å²) < 4.78 is 21.7. The highest BCUT2D eigenvalue weighted by atomic mass is 16.7. The predicted octanol–water partition coefficient (Wildman–Crippen LogP) is 4.72. The molecule has 34 heavy (non-hydrogen) atoms. The number of rotatable bonds is 17. The van der Waals surface area contributed by atoms with E-state index in [0.717, 1.165) is 12.8 Å². The Balaban J connectivity index is 2.35. The van der Waals surface area contributed by atoms with E-state index < -0.39 is 24.3 Å². The zero-order chi connectivity index (χ0) is 25.2. The molecule has 0 spiro atoms. The molecule has 1 N–H and O–H groups in total. The van der Waals surface area contributed by atoms with Crippen molar-refractivity contribution in [1.29, 1.82) is 0 Å². The zero-order valence-corrected chi connectivity index (χ0v) is 21.4. The number of carbonyl (C=O) groups is 3. The zero-order valence-electron chi connectivity index (χ0n) is 21.4. The van der Waals surface area contributed by atoms with Crippen molar-refractivity contribution in [2.24, 2.45) is 0 Å². The topological polar surface area (TPSA) is 100 Å². The number of amides is 1. The van der Waals surface area contributed by atoms with Crippen LogP contribution in [-0.2, 0) is 33.3 Å². The first-order chi connectivity index (χ1) is 16.4. The van der Waals surface area contributed by atoms with Gasteiger partial charge in [-0.2, -0.15) is 0 Å². The second-order valence-electron chi connectivity index (χ2n) is 8.52. The van der Waals surface area contributed by atoms with Gasteiger partial charge in [-0.15, -0.1) is 0 Å². The third kappa shape index (κ3) is 13.5. The van der Waals surface area contributed by atoms with Gasteiger partial charge in [0, 0.05) is 26.0 Å². The molecule has 194 valence electrons. The second-order valence-corrected chi connectivity index (χ2v) is 8.52. The number of hydrogen-bond acceptors (Lipinski definition) is 7. The van der Waals surface area contributed by atoms with Crippen molar-refractivity contribution >= 4 is 17.8 Å². The average molecular weight is 482 g/mol. The smallest absolute Gasteiger partial charge is 0.308 e. The largest absolute Gasteiger partial charge is 0.463 e. The summed E-state index contributed by atoms with van der Waals surface area (Å²) in [5, 5.41) is 2.87. The molecule has 0 bridgehead atoms. The molecule has 1 unspecified atom stereocenters. The van der Waals surface area contributed by atoms with Crippen molar-refractivity contribution in [3.63, 3.8) is 0 Å². The molecule has 1 aliphatic rings. The summed E-state index contributed by atoms with van der Waals surface area (Å²) >= 11 is 0. The summed E-state index contributed by atoms with van der Waals surface area (Å²) in [5.41, 5.74) is 0.497. The number of hydrogen-bond donors (Lipinski definition) is 1. The molecule has 8 nitrogen and oxygen atoms in total. The van der Waals surface area contributed by atoms with E-state index in [1.807, 2.05) is 0 Å². The van der Waals surface area contributed by atoms with E-state index in [4.69, 9.17) is 18.9 Å². The normalized spacial score (nSPS) is 18.9. The quantitative estimate of drug-likeness (QED) is 0.237. The molecule has 1 rings (SSSR count). The molecule has 0 radical (unpaired) electrons. The Labute approximate surface area is 204 Å². The summed E-state index contributed by atoms with van der Waals surface area (Å²) in [5.74, 6) is -0.914. The van der Waals surface area contributed by atoms with Crippen molar-refractivity contribution in [2.75, 3.05) is 19.8 Å². The number of allylic oxidation sites excluding steroid dienone is 1. The lowest BCUT2D eigenvalue weighted by Gasteiger charge is -2.30. The summed E-state index contributed by atoms with van der Waals surface area (Å²) in [6, 6.07) is 0.